The molecule has 8 heteroatoms. The summed E-state index contributed by atoms with van der Waals surface area (Å²) in [4.78, 5) is 38.6. The molecule has 27 heavy (non-hydrogen) atoms. The van der Waals surface area contributed by atoms with E-state index < -0.39 is 11.9 Å². The van der Waals surface area contributed by atoms with Crippen molar-refractivity contribution in [3.05, 3.63) is 36.4 Å². The molecule has 1 saturated heterocycles. The van der Waals surface area contributed by atoms with Crippen LogP contribution in [0.25, 0.3) is 0 Å². The lowest BCUT2D eigenvalue weighted by molar-refractivity contribution is -0.148. The van der Waals surface area contributed by atoms with Crippen LogP contribution in [-0.4, -0.2) is 69.2 Å². The number of carbonyl (C=O) groups excluding carboxylic acids is 3. The number of rotatable bonds is 7. The number of ether oxygens (including phenoxy) is 3. The maximum absolute atomic E-state index is 12.2. The number of esters is 2. The second kappa shape index (κ2) is 10.2. The summed E-state index contributed by atoms with van der Waals surface area (Å²) < 4.78 is 14.7. The molecule has 1 aliphatic heterocycles. The van der Waals surface area contributed by atoms with Gasteiger partial charge < -0.3 is 24.0 Å². The van der Waals surface area contributed by atoms with Crippen molar-refractivity contribution in [3.8, 4) is 5.75 Å². The van der Waals surface area contributed by atoms with Gasteiger partial charge in [-0.2, -0.15) is 0 Å². The number of nitrogens with zero attached hydrogens (tertiary/aromatic N) is 2. The average Bonchev–Trinajstić information content (AvgIpc) is 2.71. The van der Waals surface area contributed by atoms with Crippen LogP contribution < -0.4 is 9.64 Å². The zero-order chi connectivity index (χ0) is 19.6. The van der Waals surface area contributed by atoms with Crippen LogP contribution in [0.1, 0.15) is 6.92 Å². The lowest BCUT2D eigenvalue weighted by Gasteiger charge is -2.36. The number of carbonyl (C=O) groups is 3. The highest BCUT2D eigenvalue weighted by molar-refractivity contribution is 5.92. The van der Waals surface area contributed by atoms with Gasteiger partial charge in [0.05, 0.1) is 13.7 Å². The number of hydrogen-bond donors (Lipinski definition) is 0. The molecule has 1 fully saturated rings. The fraction of sp³-hybridized carbons (Fsp3) is 0.421. The molecular weight excluding hydrogens is 352 g/mol. The van der Waals surface area contributed by atoms with Gasteiger partial charge in [0.2, 0.25) is 0 Å². The predicted molar refractivity (Wildman–Crippen MR) is 98.5 cm³/mol. The molecule has 0 N–H and O–H groups in total. The van der Waals surface area contributed by atoms with E-state index in [1.807, 2.05) is 24.3 Å². The highest BCUT2D eigenvalue weighted by atomic mass is 16.5. The molecule has 146 valence electrons. The molecular formula is C19H24N2O6. The van der Waals surface area contributed by atoms with Gasteiger partial charge in [0, 0.05) is 44.0 Å². The normalized spacial score (nSPS) is 14.1. The van der Waals surface area contributed by atoms with Crippen LogP contribution in [0.3, 0.4) is 0 Å². The monoisotopic (exact) mass is 376 g/mol. The van der Waals surface area contributed by atoms with Crippen LogP contribution in [0.5, 0.6) is 5.75 Å². The number of benzene rings is 1. The SMILES string of the molecule is CCOC(=O)/C=C/C(=O)OCC(=O)N1CCN(c2ccc(OC)cc2)CC1. The van der Waals surface area contributed by atoms with Crippen LogP contribution >= 0.6 is 0 Å². The number of hydrogen-bond acceptors (Lipinski definition) is 7. The number of piperazine rings is 1. The minimum atomic E-state index is -0.756. The zero-order valence-electron chi connectivity index (χ0n) is 15.6. The molecule has 1 aromatic carbocycles. The van der Waals surface area contributed by atoms with Crippen molar-refractivity contribution in [1.29, 1.82) is 0 Å². The van der Waals surface area contributed by atoms with Crippen LogP contribution in [0.15, 0.2) is 36.4 Å². The third-order valence-corrected chi connectivity index (χ3v) is 4.05. The molecule has 0 bridgehead atoms. The molecule has 8 nitrogen and oxygen atoms in total. The highest BCUT2D eigenvalue weighted by Crippen LogP contribution is 2.20. The van der Waals surface area contributed by atoms with E-state index in [2.05, 4.69) is 9.64 Å². The van der Waals surface area contributed by atoms with Crippen molar-refractivity contribution in [2.24, 2.45) is 0 Å². The Bertz CT molecular complexity index is 678. The van der Waals surface area contributed by atoms with Gasteiger partial charge in [0.1, 0.15) is 5.75 Å². The van der Waals surface area contributed by atoms with Crippen molar-refractivity contribution < 1.29 is 28.6 Å². The first-order valence-electron chi connectivity index (χ1n) is 8.72. The standard InChI is InChI=1S/C19H24N2O6/c1-3-26-18(23)8-9-19(24)27-14-17(22)21-12-10-20(11-13-21)15-4-6-16(25-2)7-5-15/h4-9H,3,10-14H2,1-2H3/b9-8+. The Morgan fingerprint density at radius 1 is 0.963 bits per heavy atom. The summed E-state index contributed by atoms with van der Waals surface area (Å²) in [7, 11) is 1.62. The lowest BCUT2D eigenvalue weighted by atomic mass is 10.2. The maximum atomic E-state index is 12.2. The topological polar surface area (TPSA) is 85.4 Å². The Morgan fingerprint density at radius 2 is 1.56 bits per heavy atom. The minimum absolute atomic E-state index is 0.221. The predicted octanol–water partition coefficient (Wildman–Crippen LogP) is 1.01. The van der Waals surface area contributed by atoms with Crippen LogP contribution in [0, 0.1) is 0 Å². The molecule has 2 rings (SSSR count). The Kier molecular flexibility index (Phi) is 7.66. The van der Waals surface area contributed by atoms with E-state index in [0.717, 1.165) is 23.6 Å². The molecule has 0 atom stereocenters. The fourth-order valence-corrected chi connectivity index (χ4v) is 2.61. The van der Waals surface area contributed by atoms with Crippen molar-refractivity contribution >= 4 is 23.5 Å². The molecule has 0 radical (unpaired) electrons. The Morgan fingerprint density at radius 3 is 2.11 bits per heavy atom. The van der Waals surface area contributed by atoms with E-state index in [9.17, 15) is 14.4 Å². The summed E-state index contributed by atoms with van der Waals surface area (Å²) >= 11 is 0. The first kappa shape index (κ1) is 20.3. The molecule has 1 heterocycles. The van der Waals surface area contributed by atoms with E-state index in [0.29, 0.717) is 26.2 Å². The Balaban J connectivity index is 1.74. The molecule has 0 aliphatic carbocycles. The third kappa shape index (κ3) is 6.32. The second-order valence-electron chi connectivity index (χ2n) is 5.76. The van der Waals surface area contributed by atoms with Crippen molar-refractivity contribution in [3.63, 3.8) is 0 Å². The van der Waals surface area contributed by atoms with Gasteiger partial charge in [-0.1, -0.05) is 0 Å². The maximum Gasteiger partial charge on any atom is 0.331 e. The molecule has 1 aromatic rings. The van der Waals surface area contributed by atoms with Gasteiger partial charge in [-0.15, -0.1) is 0 Å². The number of amides is 1. The minimum Gasteiger partial charge on any atom is -0.497 e. The van der Waals surface area contributed by atoms with Crippen molar-refractivity contribution in [2.45, 2.75) is 6.92 Å². The van der Waals surface area contributed by atoms with E-state index in [4.69, 9.17) is 9.47 Å². The molecule has 1 aliphatic rings. The van der Waals surface area contributed by atoms with Gasteiger partial charge >= 0.3 is 11.9 Å². The first-order valence-corrected chi connectivity index (χ1v) is 8.72. The van der Waals surface area contributed by atoms with Crippen LogP contribution in [0.2, 0.25) is 0 Å². The largest absolute Gasteiger partial charge is 0.497 e. The van der Waals surface area contributed by atoms with E-state index >= 15 is 0 Å². The molecule has 0 aromatic heterocycles. The summed E-state index contributed by atoms with van der Waals surface area (Å²) in [6, 6.07) is 7.76. The van der Waals surface area contributed by atoms with Gasteiger partial charge in [-0.05, 0) is 31.2 Å². The lowest BCUT2D eigenvalue weighted by Crippen LogP contribution is -2.49. The number of anilines is 1. The molecule has 0 saturated carbocycles. The Labute approximate surface area is 158 Å². The molecule has 0 unspecified atom stereocenters. The van der Waals surface area contributed by atoms with Crippen LogP contribution in [-0.2, 0) is 23.9 Å². The molecule has 1 amide bonds. The first-order chi connectivity index (χ1) is 13.0. The summed E-state index contributed by atoms with van der Waals surface area (Å²) in [5.41, 5.74) is 1.07. The van der Waals surface area contributed by atoms with Gasteiger partial charge in [0.15, 0.2) is 6.61 Å². The average molecular weight is 376 g/mol. The van der Waals surface area contributed by atoms with Crippen LogP contribution in [0.4, 0.5) is 5.69 Å². The zero-order valence-corrected chi connectivity index (χ0v) is 15.6. The number of methoxy groups -OCH3 is 1. The summed E-state index contributed by atoms with van der Waals surface area (Å²) in [5.74, 6) is -0.850. The van der Waals surface area contributed by atoms with E-state index in [1.54, 1.807) is 18.9 Å². The molecule has 0 spiro atoms. The van der Waals surface area contributed by atoms with Gasteiger partial charge in [-0.25, -0.2) is 9.59 Å². The van der Waals surface area contributed by atoms with Gasteiger partial charge in [0.25, 0.3) is 5.91 Å². The summed E-state index contributed by atoms with van der Waals surface area (Å²) in [5, 5.41) is 0. The smallest absolute Gasteiger partial charge is 0.331 e. The summed E-state index contributed by atoms with van der Waals surface area (Å²) in [6.07, 6.45) is 1.93. The second-order valence-corrected chi connectivity index (χ2v) is 5.76. The van der Waals surface area contributed by atoms with E-state index in [1.165, 1.54) is 0 Å². The quantitative estimate of drug-likeness (QED) is 0.518. The highest BCUT2D eigenvalue weighted by Gasteiger charge is 2.22. The summed E-state index contributed by atoms with van der Waals surface area (Å²) in [6.45, 7) is 4.00. The van der Waals surface area contributed by atoms with Gasteiger partial charge in [-0.3, -0.25) is 4.79 Å². The van der Waals surface area contributed by atoms with Crippen molar-refractivity contribution in [1.82, 2.24) is 4.90 Å². The van der Waals surface area contributed by atoms with Crippen molar-refractivity contribution in [2.75, 3.05) is 51.4 Å². The Hall–Kier alpha value is -3.03. The fourth-order valence-electron chi connectivity index (χ4n) is 2.61. The third-order valence-electron chi connectivity index (χ3n) is 4.05. The van der Waals surface area contributed by atoms with E-state index in [-0.39, 0.29) is 19.1 Å².